The van der Waals surface area contributed by atoms with Gasteiger partial charge in [0.05, 0.1) is 25.4 Å². The fraction of sp³-hybridized carbons (Fsp3) is 0.727. The highest BCUT2D eigenvalue weighted by atomic mass is 32.2. The topological polar surface area (TPSA) is 69.0 Å². The summed E-state index contributed by atoms with van der Waals surface area (Å²) in [6.45, 7) is 1.73. The van der Waals surface area contributed by atoms with E-state index in [-0.39, 0.29) is 6.04 Å². The molecule has 0 radical (unpaired) electrons. The number of aromatic nitrogens is 3. The number of methoxy groups -OCH3 is 1. The van der Waals surface area contributed by atoms with Crippen LogP contribution in [-0.4, -0.2) is 46.6 Å². The van der Waals surface area contributed by atoms with Crippen LogP contribution in [0.25, 0.3) is 0 Å². The number of carbonyl (C=O) groups excluding carboxylic acids is 1. The molecule has 1 aliphatic heterocycles. The van der Waals surface area contributed by atoms with E-state index in [1.54, 1.807) is 11.8 Å². The van der Waals surface area contributed by atoms with Gasteiger partial charge < -0.3 is 10.1 Å². The van der Waals surface area contributed by atoms with Crippen LogP contribution in [0.15, 0.2) is 0 Å². The molecule has 1 N–H and O–H groups in total. The Morgan fingerprint density at radius 1 is 1.67 bits per heavy atom. The second kappa shape index (κ2) is 6.19. The first kappa shape index (κ1) is 13.4. The van der Waals surface area contributed by atoms with Crippen molar-refractivity contribution < 1.29 is 9.53 Å². The Balaban J connectivity index is 2.29. The molecule has 0 amide bonds. The molecular formula is C11H18N4O2S. The molecule has 6 nitrogen and oxygen atoms in total. The summed E-state index contributed by atoms with van der Waals surface area (Å²) in [7, 11) is 1.37. The van der Waals surface area contributed by atoms with Gasteiger partial charge in [-0.3, -0.25) is 0 Å². The van der Waals surface area contributed by atoms with Crippen molar-refractivity contribution in [3.05, 3.63) is 11.4 Å². The van der Waals surface area contributed by atoms with Gasteiger partial charge in [0, 0.05) is 5.75 Å². The van der Waals surface area contributed by atoms with Crippen LogP contribution in [0.2, 0.25) is 0 Å². The van der Waals surface area contributed by atoms with Crippen molar-refractivity contribution in [1.29, 1.82) is 0 Å². The third-order valence-corrected chi connectivity index (χ3v) is 3.64. The number of ether oxygens (including phenoxy) is 1. The summed E-state index contributed by atoms with van der Waals surface area (Å²) >= 11 is 1.75. The summed E-state index contributed by atoms with van der Waals surface area (Å²) in [5.74, 6) is 0.540. The van der Waals surface area contributed by atoms with Crippen molar-refractivity contribution in [3.8, 4) is 0 Å². The number of rotatable bonds is 5. The van der Waals surface area contributed by atoms with Crippen LogP contribution in [0, 0.1) is 0 Å². The maximum Gasteiger partial charge on any atom is 0.360 e. The van der Waals surface area contributed by atoms with Gasteiger partial charge in [-0.15, -0.1) is 5.10 Å². The monoisotopic (exact) mass is 270 g/mol. The Hall–Kier alpha value is -1.08. The second-order valence-corrected chi connectivity index (χ2v) is 5.17. The van der Waals surface area contributed by atoms with Crippen LogP contribution in [0.1, 0.15) is 35.1 Å². The zero-order chi connectivity index (χ0) is 13.0. The molecule has 1 aromatic rings. The van der Waals surface area contributed by atoms with Crippen LogP contribution in [-0.2, 0) is 11.3 Å². The van der Waals surface area contributed by atoms with Gasteiger partial charge >= 0.3 is 5.97 Å². The quantitative estimate of drug-likeness (QED) is 0.800. The number of aryl methyl sites for hydroxylation is 1. The molecule has 0 aliphatic carbocycles. The van der Waals surface area contributed by atoms with Crippen molar-refractivity contribution >= 4 is 17.7 Å². The van der Waals surface area contributed by atoms with Gasteiger partial charge in [-0.2, -0.15) is 11.8 Å². The zero-order valence-corrected chi connectivity index (χ0v) is 11.5. The van der Waals surface area contributed by atoms with E-state index in [4.69, 9.17) is 4.74 Å². The molecule has 1 aliphatic rings. The average Bonchev–Trinajstić information content (AvgIpc) is 3.03. The van der Waals surface area contributed by atoms with Gasteiger partial charge in [-0.05, 0) is 25.6 Å². The van der Waals surface area contributed by atoms with Gasteiger partial charge in [0.25, 0.3) is 0 Å². The third-order valence-electron chi connectivity index (χ3n) is 3.05. The Labute approximate surface area is 110 Å². The Morgan fingerprint density at radius 2 is 2.50 bits per heavy atom. The molecule has 0 saturated carbocycles. The van der Waals surface area contributed by atoms with E-state index in [9.17, 15) is 4.79 Å². The number of thioether (sulfide) groups is 1. The zero-order valence-electron chi connectivity index (χ0n) is 10.7. The molecule has 0 aromatic carbocycles. The first-order valence-electron chi connectivity index (χ1n) is 6.02. The molecule has 2 heterocycles. The lowest BCUT2D eigenvalue weighted by molar-refractivity contribution is 0.0591. The van der Waals surface area contributed by atoms with Crippen LogP contribution in [0.5, 0.6) is 0 Å². The van der Waals surface area contributed by atoms with E-state index < -0.39 is 5.97 Å². The van der Waals surface area contributed by atoms with Crippen molar-refractivity contribution in [1.82, 2.24) is 20.3 Å². The van der Waals surface area contributed by atoms with Crippen molar-refractivity contribution in [3.63, 3.8) is 0 Å². The number of hydrogen-bond acceptors (Lipinski definition) is 6. The summed E-state index contributed by atoms with van der Waals surface area (Å²) in [6, 6.07) is 0.163. The fourth-order valence-electron chi connectivity index (χ4n) is 2.17. The summed E-state index contributed by atoms with van der Waals surface area (Å²) in [5.41, 5.74) is 1.21. The van der Waals surface area contributed by atoms with Gasteiger partial charge in [0.1, 0.15) is 0 Å². The van der Waals surface area contributed by atoms with Crippen LogP contribution in [0.3, 0.4) is 0 Å². The lowest BCUT2D eigenvalue weighted by Crippen LogP contribution is -2.21. The smallest absolute Gasteiger partial charge is 0.360 e. The summed E-state index contributed by atoms with van der Waals surface area (Å²) in [4.78, 5) is 11.7. The number of nitrogens with one attached hydrogen (secondary N) is 1. The molecule has 1 fully saturated rings. The van der Waals surface area contributed by atoms with Crippen LogP contribution >= 0.6 is 11.8 Å². The molecule has 1 unspecified atom stereocenters. The highest BCUT2D eigenvalue weighted by molar-refractivity contribution is 7.98. The molecule has 1 saturated heterocycles. The number of nitrogens with zero attached hydrogens (tertiary/aromatic N) is 3. The SMILES string of the molecule is COC(=O)c1nnn(CCSC)c1C1CCCN1. The highest BCUT2D eigenvalue weighted by Crippen LogP contribution is 2.25. The Bertz CT molecular complexity index is 415. The highest BCUT2D eigenvalue weighted by Gasteiger charge is 2.28. The van der Waals surface area contributed by atoms with Gasteiger partial charge in [0.15, 0.2) is 5.69 Å². The van der Waals surface area contributed by atoms with Gasteiger partial charge in [-0.1, -0.05) is 5.21 Å². The molecule has 18 heavy (non-hydrogen) atoms. The summed E-state index contributed by atoms with van der Waals surface area (Å²) < 4.78 is 6.59. The minimum atomic E-state index is -0.408. The van der Waals surface area contributed by atoms with Gasteiger partial charge in [-0.25, -0.2) is 9.48 Å². The van der Waals surface area contributed by atoms with E-state index in [0.29, 0.717) is 5.69 Å². The molecular weight excluding hydrogens is 252 g/mol. The second-order valence-electron chi connectivity index (χ2n) is 4.18. The molecule has 100 valence electrons. The molecule has 0 bridgehead atoms. The number of hydrogen-bond donors (Lipinski definition) is 1. The van der Waals surface area contributed by atoms with E-state index >= 15 is 0 Å². The maximum atomic E-state index is 11.7. The average molecular weight is 270 g/mol. The normalized spacial score (nSPS) is 19.1. The van der Waals surface area contributed by atoms with Crippen LogP contribution in [0.4, 0.5) is 0 Å². The summed E-state index contributed by atoms with van der Waals surface area (Å²) in [6.07, 6.45) is 4.17. The third kappa shape index (κ3) is 2.67. The van der Waals surface area contributed by atoms with Crippen molar-refractivity contribution in [2.24, 2.45) is 0 Å². The molecule has 1 atom stereocenters. The lowest BCUT2D eigenvalue weighted by Gasteiger charge is -2.13. The minimum Gasteiger partial charge on any atom is -0.464 e. The molecule has 7 heteroatoms. The maximum absolute atomic E-state index is 11.7. The predicted molar refractivity (Wildman–Crippen MR) is 69.7 cm³/mol. The Kier molecular flexibility index (Phi) is 4.60. The minimum absolute atomic E-state index is 0.163. The van der Waals surface area contributed by atoms with E-state index in [2.05, 4.69) is 15.6 Å². The molecule has 2 rings (SSSR count). The predicted octanol–water partition coefficient (Wildman–Crippen LogP) is 0.852. The number of carbonyl (C=O) groups is 1. The van der Waals surface area contributed by atoms with Crippen LogP contribution < -0.4 is 5.32 Å². The molecule has 0 spiro atoms. The van der Waals surface area contributed by atoms with Crippen molar-refractivity contribution in [2.45, 2.75) is 25.4 Å². The van der Waals surface area contributed by atoms with Crippen molar-refractivity contribution in [2.75, 3.05) is 25.7 Å². The van der Waals surface area contributed by atoms with Gasteiger partial charge in [0.2, 0.25) is 0 Å². The first-order valence-corrected chi connectivity index (χ1v) is 7.41. The fourth-order valence-corrected chi connectivity index (χ4v) is 2.52. The van der Waals surface area contributed by atoms with E-state index in [1.807, 2.05) is 10.9 Å². The molecule has 1 aromatic heterocycles. The standard InChI is InChI=1S/C11H18N4O2S/c1-17-11(16)9-10(8-4-3-5-12-8)15(14-13-9)6-7-18-2/h8,12H,3-7H2,1-2H3. The van der Waals surface area contributed by atoms with E-state index in [0.717, 1.165) is 37.4 Å². The Morgan fingerprint density at radius 3 is 3.11 bits per heavy atom. The first-order chi connectivity index (χ1) is 8.77. The number of esters is 1. The summed E-state index contributed by atoms with van der Waals surface area (Å²) in [5, 5.41) is 11.4. The largest absolute Gasteiger partial charge is 0.464 e. The van der Waals surface area contributed by atoms with E-state index in [1.165, 1.54) is 7.11 Å². The lowest BCUT2D eigenvalue weighted by atomic mass is 10.1.